The molecule has 16 atom stereocenters. The first-order valence-electron chi connectivity index (χ1n) is 44.0. The molecule has 20 N–H and O–H groups in total. The lowest BCUT2D eigenvalue weighted by Gasteiger charge is -2.38. The molecule has 4 heterocycles. The normalized spacial score (nSPS) is 18.2. The third kappa shape index (κ3) is 30.0. The third-order valence-electron chi connectivity index (χ3n) is 23.8. The molecule has 3 unspecified atom stereocenters. The number of ketones is 1. The number of hydrogen-bond acceptors (Lipinski definition) is 24. The molecule has 0 aliphatic carbocycles. The molecule has 8 rings (SSSR count). The lowest BCUT2D eigenvalue weighted by atomic mass is 9.97. The number of nitrogens with one attached hydrogen (secondary N) is 9. The van der Waals surface area contributed by atoms with E-state index >= 15 is 19.2 Å². The summed E-state index contributed by atoms with van der Waals surface area (Å²) in [5.41, 5.74) is 26.7. The molecule has 12 amide bonds. The molecule has 708 valence electrons. The Balaban J connectivity index is 1.01. The van der Waals surface area contributed by atoms with Crippen LogP contribution in [0.4, 0.5) is 4.39 Å². The number of carbonyl (C=O) groups excluding carboxylic acids is 14. The van der Waals surface area contributed by atoms with Crippen LogP contribution in [0.1, 0.15) is 133 Å². The molecule has 3 aliphatic rings. The predicted octanol–water partition coefficient (Wildman–Crippen LogP) is 0.325. The van der Waals surface area contributed by atoms with E-state index in [-0.39, 0.29) is 101 Å². The van der Waals surface area contributed by atoms with Crippen LogP contribution >= 0.6 is 11.8 Å². The molecule has 0 bridgehead atoms. The van der Waals surface area contributed by atoms with Crippen LogP contribution in [0.25, 0.3) is 10.9 Å². The fourth-order valence-electron chi connectivity index (χ4n) is 16.3. The van der Waals surface area contributed by atoms with E-state index in [2.05, 4.69) is 54.1 Å². The van der Waals surface area contributed by atoms with Crippen molar-refractivity contribution in [1.29, 1.82) is 0 Å². The van der Waals surface area contributed by atoms with E-state index in [0.29, 0.717) is 79.2 Å². The van der Waals surface area contributed by atoms with Crippen LogP contribution in [-0.2, 0) is 102 Å². The number of carboxylic acids is 1. The number of rotatable bonds is 55. The number of likely N-dealkylation sites (tertiary alicyclic amines) is 2. The highest BCUT2D eigenvalue weighted by Gasteiger charge is 2.53. The molecule has 0 saturated carbocycles. The Labute approximate surface area is 759 Å². The van der Waals surface area contributed by atoms with Gasteiger partial charge < -0.3 is 110 Å². The highest BCUT2D eigenvalue weighted by Crippen LogP contribution is 2.37. The number of primary amides is 2. The van der Waals surface area contributed by atoms with Crippen LogP contribution in [0.2, 0.25) is 0 Å². The van der Waals surface area contributed by atoms with Crippen LogP contribution in [0.5, 0.6) is 5.75 Å². The third-order valence-corrected chi connectivity index (χ3v) is 24.8. The number of Topliss-reactive ketones (excluding diaryl/α,β-unsaturated/α-hetero) is 1. The smallest absolute Gasteiger partial charge is 0.305 e. The largest absolute Gasteiger partial charge is 0.508 e. The van der Waals surface area contributed by atoms with Gasteiger partial charge in [-0.15, -0.1) is 11.8 Å². The molecule has 0 radical (unpaired) electrons. The van der Waals surface area contributed by atoms with Crippen LogP contribution in [0, 0.1) is 11.7 Å². The van der Waals surface area contributed by atoms with Crippen molar-refractivity contribution in [3.8, 4) is 5.75 Å². The van der Waals surface area contributed by atoms with E-state index in [4.69, 9.17) is 27.7 Å². The number of aldehydes is 1. The number of fused-ring (bicyclic) bond motifs is 1. The average molecular weight is 1830 g/mol. The van der Waals surface area contributed by atoms with Gasteiger partial charge in [0.15, 0.2) is 5.78 Å². The highest BCUT2D eigenvalue weighted by atomic mass is 32.2. The van der Waals surface area contributed by atoms with Gasteiger partial charge in [-0.2, -0.15) is 0 Å². The monoisotopic (exact) mass is 1830 g/mol. The highest BCUT2D eigenvalue weighted by molar-refractivity contribution is 8.00. The molecule has 0 spiro atoms. The number of phenolic OH excluding ortho intramolecular Hbond substituents is 1. The summed E-state index contributed by atoms with van der Waals surface area (Å²) in [4.78, 5) is 219. The summed E-state index contributed by atoms with van der Waals surface area (Å²) < 4.78 is 20.8. The Hall–Kier alpha value is -11.6. The number of phenols is 1. The number of aromatic nitrogens is 1. The van der Waals surface area contributed by atoms with Crippen molar-refractivity contribution in [2.24, 2.45) is 28.9 Å². The van der Waals surface area contributed by atoms with Crippen molar-refractivity contribution >= 4 is 112 Å². The number of unbranched alkanes of at least 4 members (excludes halogenated alkanes) is 1. The number of carboxylic acid groups (broad SMARTS) is 1. The van der Waals surface area contributed by atoms with Gasteiger partial charge in [0.1, 0.15) is 78.7 Å². The van der Waals surface area contributed by atoms with Gasteiger partial charge in [0.05, 0.1) is 55.5 Å². The number of epoxide rings is 1. The number of nitrogens with zero attached hydrogens (tertiary/aromatic N) is 5. The molecule has 5 aromatic rings. The number of ether oxygens (including phenoxy) is 1. The molecule has 3 fully saturated rings. The summed E-state index contributed by atoms with van der Waals surface area (Å²) in [7, 11) is 4.25. The zero-order valence-corrected chi connectivity index (χ0v) is 75.5. The number of carbonyl (C=O) groups is 15. The summed E-state index contributed by atoms with van der Waals surface area (Å²) >= 11 is 0.804. The Morgan fingerprint density at radius 2 is 1.32 bits per heavy atom. The van der Waals surface area contributed by atoms with Gasteiger partial charge in [-0.05, 0) is 135 Å². The van der Waals surface area contributed by atoms with Gasteiger partial charge in [0.2, 0.25) is 70.9 Å². The van der Waals surface area contributed by atoms with Crippen LogP contribution in [-0.4, -0.2) is 296 Å². The van der Waals surface area contributed by atoms with Crippen molar-refractivity contribution in [3.63, 3.8) is 0 Å². The zero-order chi connectivity index (χ0) is 95.2. The quantitative estimate of drug-likeness (QED) is 0.0108. The Kier molecular flexibility index (Phi) is 40.4. The first kappa shape index (κ1) is 104. The van der Waals surface area contributed by atoms with Crippen LogP contribution in [0.3, 0.4) is 0 Å². The number of amides is 12. The van der Waals surface area contributed by atoms with Gasteiger partial charge in [0, 0.05) is 88.8 Å². The number of aromatic hydroxyl groups is 1. The molecule has 3 saturated heterocycles. The molecule has 39 heteroatoms. The van der Waals surface area contributed by atoms with Crippen molar-refractivity contribution < 1.29 is 96.4 Å². The number of aliphatic carboxylic acids is 1. The summed E-state index contributed by atoms with van der Waals surface area (Å²) in [6.07, 6.45) is 0.383. The van der Waals surface area contributed by atoms with Crippen molar-refractivity contribution in [1.82, 2.24) is 72.0 Å². The topological polar surface area (TPSA) is 562 Å². The van der Waals surface area contributed by atoms with E-state index in [0.717, 1.165) is 39.7 Å². The predicted molar refractivity (Wildman–Crippen MR) is 483 cm³/mol. The summed E-state index contributed by atoms with van der Waals surface area (Å²) in [5, 5.41) is 55.4. The summed E-state index contributed by atoms with van der Waals surface area (Å²) in [5.74, 6) is -12.5. The lowest BCUT2D eigenvalue weighted by molar-refractivity contribution is -0.152. The minimum Gasteiger partial charge on any atom is -0.508 e. The van der Waals surface area contributed by atoms with Gasteiger partial charge in [-0.1, -0.05) is 120 Å². The number of likely N-dealkylation sites (N-methyl/N-ethyl adjacent to an activating group) is 3. The standard InChI is InChI=1S/C91H127FN18O19S/c1-9-11-25-71(89(127)109-39-18-26-69(109)85(123)100-59(49-111)45-77(117)118)106(6)88(126)72(43-54-20-13-12-14-21-54)107(7)87(125)67(42-55-28-32-58(92)33-29-55)101-76(116)51-130-50-68(81(119)99-48-75(95)115)105-82(120)64(24-17-38-93)102-83(121)65(41-56-30-34-60(112)35-31-56)103-84(122)66(44-57-46-97-62-23-16-15-22-61(57)62)104-86(124)70-27-19-40-110(70)91-80(129-91)63(36-37-74(94)114)98-47-73(113)79(53(5)10-2)108(8)90(128)78(96)52(3)4/h12-16,20-23,28-35,46,49,52,59,63-72,78-80,83,91,97-98,102,112,121H,5,9-11,17-19,24-27,36-45,47-48,50-51,93,96H2,1-4,6-8H3,(H2,94,114)(H2,95,115)(H,99,119)(H,100,123)(H,101,116)(H,103,122)(H,104,124)(H,105,120)(H,117,118)/t59-,63-,64-,65-,66-,67-,68-,69+,70+,71-,72-,78-,79-,80?,83?,91?/m0/s1. The fourth-order valence-corrected chi connectivity index (χ4v) is 17.1. The Bertz CT molecular complexity index is 4740. The minimum atomic E-state index is -1.85. The Morgan fingerprint density at radius 1 is 0.677 bits per heavy atom. The number of benzene rings is 4. The van der Waals surface area contributed by atoms with E-state index in [1.54, 1.807) is 62.5 Å². The second kappa shape index (κ2) is 50.6. The summed E-state index contributed by atoms with van der Waals surface area (Å²) in [6, 6.07) is 11.2. The van der Waals surface area contributed by atoms with Gasteiger partial charge in [-0.3, -0.25) is 77.3 Å². The van der Waals surface area contributed by atoms with E-state index in [9.17, 15) is 72.4 Å². The number of para-hydroxylation sites is 1. The number of halogens is 1. The molecule has 4 aromatic carbocycles. The lowest BCUT2D eigenvalue weighted by Crippen LogP contribution is -2.61. The van der Waals surface area contributed by atoms with Crippen molar-refractivity contribution in [2.75, 3.05) is 65.4 Å². The number of H-pyrrole nitrogens is 1. The number of nitrogens with two attached hydrogens (primary N) is 4. The molecular weight excluding hydrogens is 1700 g/mol. The zero-order valence-electron chi connectivity index (χ0n) is 74.7. The number of hydrogen-bond donors (Lipinski definition) is 16. The molecule has 1 aromatic heterocycles. The van der Waals surface area contributed by atoms with Crippen LogP contribution < -0.4 is 65.5 Å². The van der Waals surface area contributed by atoms with Crippen molar-refractivity contribution in [2.45, 2.75) is 234 Å². The van der Waals surface area contributed by atoms with E-state index in [1.807, 2.05) is 43.0 Å². The fraction of sp³-hybridized carbons (Fsp3) is 0.527. The molecular formula is C91H127FN18O19S. The number of aliphatic hydroxyl groups is 1. The Morgan fingerprint density at radius 3 is 1.97 bits per heavy atom. The van der Waals surface area contributed by atoms with Gasteiger partial charge >= 0.3 is 5.97 Å². The van der Waals surface area contributed by atoms with E-state index in [1.165, 1.54) is 60.1 Å². The second-order valence-corrected chi connectivity index (χ2v) is 34.7. The SMILES string of the molecule is C=C(CC)[C@@H](C(=O)CN[C@@H](CCC(N)=O)C1OC1N1CCC[C@@H]1C(=O)N[C@@H](Cc1c[nH]c2ccccc12)C(=O)N[C@@H](Cc1ccc(O)cc1)C(O)N[C@@H](CCCN)C(=O)N[C@@H](CSCC(=O)N[C@@H](Cc1ccc(F)cc1)C(=O)N(C)[C@@H](Cc1ccccc1)C(=O)N(C)[C@@H](CCCC)C(=O)N1CCC[C@@H]1C(=O)N[C@H](C=O)CC(=O)O)C(=O)NCC(N)=O)N(C)C(=O)[C@@H](N)C(C)C. The van der Waals surface area contributed by atoms with E-state index < -0.39 is 204 Å². The van der Waals surface area contributed by atoms with Gasteiger partial charge in [-0.25, -0.2) is 4.39 Å². The summed E-state index contributed by atoms with van der Waals surface area (Å²) in [6.45, 7) is 10.9. The van der Waals surface area contributed by atoms with Crippen LogP contribution in [0.15, 0.2) is 121 Å². The van der Waals surface area contributed by atoms with Gasteiger partial charge in [0.25, 0.3) is 0 Å². The van der Waals surface area contributed by atoms with Crippen molar-refractivity contribution in [3.05, 3.63) is 150 Å². The maximum atomic E-state index is 15.4. The average Bonchev–Trinajstić information content (AvgIpc) is 1.61. The second-order valence-electron chi connectivity index (χ2n) is 33.7. The number of thioether (sulfide) groups is 1. The maximum absolute atomic E-state index is 15.4. The number of aliphatic hydroxyl groups excluding tert-OH is 1. The molecule has 37 nitrogen and oxygen atoms in total. The maximum Gasteiger partial charge on any atom is 0.305 e. The number of aromatic amines is 1. The first-order chi connectivity index (χ1) is 62.0. The minimum absolute atomic E-state index is 0.0153. The molecule has 130 heavy (non-hydrogen) atoms. The first-order valence-corrected chi connectivity index (χ1v) is 45.2. The molecule has 3 aliphatic heterocycles.